The van der Waals surface area contributed by atoms with Crippen molar-refractivity contribution in [3.63, 3.8) is 0 Å². The van der Waals surface area contributed by atoms with E-state index in [0.717, 1.165) is 12.8 Å². The zero-order chi connectivity index (χ0) is 16.5. The van der Waals surface area contributed by atoms with Gasteiger partial charge in [-0.3, -0.25) is 4.79 Å². The van der Waals surface area contributed by atoms with Crippen molar-refractivity contribution in [2.24, 2.45) is 10.2 Å². The molecule has 0 aromatic heterocycles. The summed E-state index contributed by atoms with van der Waals surface area (Å²) in [6.07, 6.45) is 9.75. The second kappa shape index (κ2) is 6.21. The van der Waals surface area contributed by atoms with E-state index in [1.54, 1.807) is 4.90 Å². The number of hydrogen-bond donors (Lipinski definition) is 1. The molecule has 2 fully saturated rings. The highest BCUT2D eigenvalue weighted by molar-refractivity contribution is 7.90. The van der Waals surface area contributed by atoms with Gasteiger partial charge in [-0.15, -0.1) is 12.3 Å². The van der Waals surface area contributed by atoms with E-state index in [1.807, 2.05) is 0 Å². The Morgan fingerprint density at radius 2 is 2.04 bits per heavy atom. The molecule has 1 saturated carbocycles. The summed E-state index contributed by atoms with van der Waals surface area (Å²) >= 11 is 0. The molecule has 126 valence electrons. The number of rotatable bonds is 8. The summed E-state index contributed by atoms with van der Waals surface area (Å²) in [6.45, 7) is 0.785. The standard InChI is InChI=1S/C15H22N4O3S/c1-2-3-8-15(17-18-15)9-6-14(20)19-10-7-13(11-19)23(21,22)16-12-4-5-12/h1,12-13,16H,3-11H2. The van der Waals surface area contributed by atoms with Gasteiger partial charge in [-0.2, -0.15) is 10.2 Å². The van der Waals surface area contributed by atoms with Crippen LogP contribution in [0, 0.1) is 12.3 Å². The maximum Gasteiger partial charge on any atom is 0.222 e. The Morgan fingerprint density at radius 3 is 2.65 bits per heavy atom. The van der Waals surface area contributed by atoms with Crippen LogP contribution < -0.4 is 4.72 Å². The summed E-state index contributed by atoms with van der Waals surface area (Å²) in [6, 6.07) is 0.110. The quantitative estimate of drug-likeness (QED) is 0.670. The first-order chi connectivity index (χ1) is 10.9. The van der Waals surface area contributed by atoms with Gasteiger partial charge < -0.3 is 4.90 Å². The first-order valence-electron chi connectivity index (χ1n) is 8.11. The van der Waals surface area contributed by atoms with Gasteiger partial charge in [0.25, 0.3) is 0 Å². The van der Waals surface area contributed by atoms with Crippen LogP contribution in [0.4, 0.5) is 0 Å². The van der Waals surface area contributed by atoms with Crippen LogP contribution in [0.15, 0.2) is 10.2 Å². The molecular formula is C15H22N4O3S. The molecular weight excluding hydrogens is 316 g/mol. The van der Waals surface area contributed by atoms with E-state index in [4.69, 9.17) is 6.42 Å². The highest BCUT2D eigenvalue weighted by Gasteiger charge is 2.41. The van der Waals surface area contributed by atoms with Gasteiger partial charge in [-0.05, 0) is 19.3 Å². The number of hydrogen-bond acceptors (Lipinski definition) is 5. The van der Waals surface area contributed by atoms with E-state index in [-0.39, 0.29) is 18.5 Å². The van der Waals surface area contributed by atoms with E-state index in [0.29, 0.717) is 38.6 Å². The van der Waals surface area contributed by atoms with Gasteiger partial charge >= 0.3 is 0 Å². The van der Waals surface area contributed by atoms with Crippen molar-refractivity contribution >= 4 is 15.9 Å². The molecule has 1 atom stereocenters. The lowest BCUT2D eigenvalue weighted by Gasteiger charge is -2.18. The minimum atomic E-state index is -3.31. The predicted molar refractivity (Wildman–Crippen MR) is 85.0 cm³/mol. The highest BCUT2D eigenvalue weighted by Crippen LogP contribution is 2.38. The lowest BCUT2D eigenvalue weighted by atomic mass is 10.0. The summed E-state index contributed by atoms with van der Waals surface area (Å²) < 4.78 is 27.1. The van der Waals surface area contributed by atoms with Crippen LogP contribution in [0.1, 0.15) is 44.9 Å². The zero-order valence-corrected chi connectivity index (χ0v) is 13.9. The molecule has 0 aromatic carbocycles. The molecule has 1 amide bonds. The van der Waals surface area contributed by atoms with Gasteiger partial charge in [0.2, 0.25) is 15.9 Å². The molecule has 3 rings (SSSR count). The van der Waals surface area contributed by atoms with Crippen LogP contribution in [0.2, 0.25) is 0 Å². The first kappa shape index (κ1) is 16.4. The molecule has 0 radical (unpaired) electrons. The number of nitrogens with one attached hydrogen (secondary N) is 1. The largest absolute Gasteiger partial charge is 0.341 e. The fraction of sp³-hybridized carbons (Fsp3) is 0.800. The smallest absolute Gasteiger partial charge is 0.222 e. The molecule has 1 saturated heterocycles. The van der Waals surface area contributed by atoms with Gasteiger partial charge in [0.1, 0.15) is 0 Å². The zero-order valence-electron chi connectivity index (χ0n) is 13.1. The third-order valence-electron chi connectivity index (χ3n) is 4.64. The molecule has 1 N–H and O–H groups in total. The van der Waals surface area contributed by atoms with Crippen molar-refractivity contribution in [3.8, 4) is 12.3 Å². The molecule has 0 spiro atoms. The molecule has 8 heteroatoms. The van der Waals surface area contributed by atoms with Gasteiger partial charge in [0.15, 0.2) is 5.66 Å². The summed E-state index contributed by atoms with van der Waals surface area (Å²) in [5, 5.41) is 7.54. The number of carbonyl (C=O) groups excluding carboxylic acids is 1. The van der Waals surface area contributed by atoms with Gasteiger partial charge in [0.05, 0.1) is 5.25 Å². The molecule has 1 unspecified atom stereocenters. The van der Waals surface area contributed by atoms with E-state index < -0.39 is 20.9 Å². The molecule has 1 aliphatic carbocycles. The monoisotopic (exact) mass is 338 g/mol. The summed E-state index contributed by atoms with van der Waals surface area (Å²) in [4.78, 5) is 13.9. The molecule has 23 heavy (non-hydrogen) atoms. The van der Waals surface area contributed by atoms with Crippen molar-refractivity contribution in [2.45, 2.75) is 61.9 Å². The number of amides is 1. The van der Waals surface area contributed by atoms with Crippen molar-refractivity contribution in [1.29, 1.82) is 0 Å². The molecule has 0 aromatic rings. The maximum atomic E-state index is 12.3. The average molecular weight is 338 g/mol. The Balaban J connectivity index is 1.45. The predicted octanol–water partition coefficient (Wildman–Crippen LogP) is 1.02. The first-order valence-corrected chi connectivity index (χ1v) is 9.65. The lowest BCUT2D eigenvalue weighted by molar-refractivity contribution is -0.130. The summed E-state index contributed by atoms with van der Waals surface area (Å²) in [5.74, 6) is 2.54. The topological polar surface area (TPSA) is 91.2 Å². The molecule has 0 bridgehead atoms. The summed E-state index contributed by atoms with van der Waals surface area (Å²) in [5.41, 5.74) is -0.458. The van der Waals surface area contributed by atoms with Crippen LogP contribution in [0.25, 0.3) is 0 Å². The maximum absolute atomic E-state index is 12.3. The number of carbonyl (C=O) groups is 1. The fourth-order valence-corrected chi connectivity index (χ4v) is 4.56. The van der Waals surface area contributed by atoms with Gasteiger partial charge in [-0.25, -0.2) is 13.1 Å². The Bertz CT molecular complexity index is 642. The fourth-order valence-electron chi connectivity index (χ4n) is 2.87. The van der Waals surface area contributed by atoms with Crippen LogP contribution in [-0.2, 0) is 14.8 Å². The minimum absolute atomic E-state index is 0.0218. The molecule has 7 nitrogen and oxygen atoms in total. The van der Waals surface area contributed by atoms with Crippen molar-refractivity contribution in [2.75, 3.05) is 13.1 Å². The number of terminal acetylenes is 1. The Labute approximate surface area is 137 Å². The normalized spacial score (nSPS) is 25.3. The van der Waals surface area contributed by atoms with Crippen LogP contribution >= 0.6 is 0 Å². The van der Waals surface area contributed by atoms with E-state index in [9.17, 15) is 13.2 Å². The third-order valence-corrected chi connectivity index (χ3v) is 6.56. The average Bonchev–Trinajstić information content (AvgIpc) is 3.42. The summed E-state index contributed by atoms with van der Waals surface area (Å²) in [7, 11) is -3.31. The number of sulfonamides is 1. The second-order valence-corrected chi connectivity index (χ2v) is 8.57. The Kier molecular flexibility index (Phi) is 4.43. The van der Waals surface area contributed by atoms with Crippen molar-refractivity contribution in [3.05, 3.63) is 0 Å². The Morgan fingerprint density at radius 1 is 1.30 bits per heavy atom. The highest BCUT2D eigenvalue weighted by atomic mass is 32.2. The van der Waals surface area contributed by atoms with E-state index >= 15 is 0 Å². The van der Waals surface area contributed by atoms with Gasteiger partial charge in [-0.1, -0.05) is 0 Å². The molecule has 3 aliphatic rings. The second-order valence-electron chi connectivity index (χ2n) is 6.57. The number of likely N-dealkylation sites (tertiary alicyclic amines) is 1. The minimum Gasteiger partial charge on any atom is -0.341 e. The van der Waals surface area contributed by atoms with E-state index in [1.165, 1.54) is 0 Å². The SMILES string of the molecule is C#CCCC1(CCC(=O)N2CCC(S(=O)(=O)NC3CC3)C2)N=N1. The van der Waals surface area contributed by atoms with Crippen LogP contribution in [-0.4, -0.2) is 49.3 Å². The van der Waals surface area contributed by atoms with Crippen LogP contribution in [0.5, 0.6) is 0 Å². The number of nitrogens with zero attached hydrogens (tertiary/aromatic N) is 3. The van der Waals surface area contributed by atoms with Crippen molar-refractivity contribution in [1.82, 2.24) is 9.62 Å². The molecule has 2 aliphatic heterocycles. The van der Waals surface area contributed by atoms with Gasteiger partial charge in [0, 0.05) is 44.8 Å². The Hall–Kier alpha value is -1.46. The van der Waals surface area contributed by atoms with E-state index in [2.05, 4.69) is 20.9 Å². The van der Waals surface area contributed by atoms with Crippen LogP contribution in [0.3, 0.4) is 0 Å². The lowest BCUT2D eigenvalue weighted by Crippen LogP contribution is -2.38. The van der Waals surface area contributed by atoms with Crippen molar-refractivity contribution < 1.29 is 13.2 Å². The third kappa shape index (κ3) is 4.09. The molecule has 2 heterocycles.